The SMILES string of the molecule is CN=C(NCCOc1ccc(F)cc1F)NCC1CC(=O)Nc2ccccc21. The van der Waals surface area contributed by atoms with Gasteiger partial charge in [0, 0.05) is 37.7 Å². The van der Waals surface area contributed by atoms with E-state index in [0.29, 0.717) is 25.5 Å². The van der Waals surface area contributed by atoms with E-state index in [9.17, 15) is 13.6 Å². The Morgan fingerprint density at radius 3 is 2.86 bits per heavy atom. The van der Waals surface area contributed by atoms with E-state index in [1.807, 2.05) is 24.3 Å². The van der Waals surface area contributed by atoms with Gasteiger partial charge in [-0.15, -0.1) is 0 Å². The summed E-state index contributed by atoms with van der Waals surface area (Å²) in [6.45, 7) is 1.09. The molecule has 1 amide bonds. The Morgan fingerprint density at radius 1 is 1.25 bits per heavy atom. The minimum Gasteiger partial charge on any atom is -0.489 e. The molecule has 1 heterocycles. The molecule has 2 aromatic rings. The molecule has 0 saturated carbocycles. The summed E-state index contributed by atoms with van der Waals surface area (Å²) in [7, 11) is 1.64. The highest BCUT2D eigenvalue weighted by Crippen LogP contribution is 2.31. The molecule has 6 nitrogen and oxygen atoms in total. The van der Waals surface area contributed by atoms with Crippen molar-refractivity contribution in [2.24, 2.45) is 4.99 Å². The van der Waals surface area contributed by atoms with Gasteiger partial charge in [0.15, 0.2) is 17.5 Å². The summed E-state index contributed by atoms with van der Waals surface area (Å²) >= 11 is 0. The van der Waals surface area contributed by atoms with E-state index >= 15 is 0 Å². The molecule has 8 heteroatoms. The van der Waals surface area contributed by atoms with Crippen LogP contribution in [0.4, 0.5) is 14.5 Å². The molecular formula is C20H22F2N4O2. The molecule has 28 heavy (non-hydrogen) atoms. The van der Waals surface area contributed by atoms with Crippen LogP contribution >= 0.6 is 0 Å². The fraction of sp³-hybridized carbons (Fsp3) is 0.300. The molecule has 0 aromatic heterocycles. The maximum absolute atomic E-state index is 13.5. The lowest BCUT2D eigenvalue weighted by atomic mass is 9.90. The van der Waals surface area contributed by atoms with Gasteiger partial charge in [-0.05, 0) is 23.8 Å². The van der Waals surface area contributed by atoms with Crippen LogP contribution in [0.5, 0.6) is 5.75 Å². The van der Waals surface area contributed by atoms with E-state index in [4.69, 9.17) is 4.74 Å². The number of fused-ring (bicyclic) bond motifs is 1. The lowest BCUT2D eigenvalue weighted by molar-refractivity contribution is -0.116. The van der Waals surface area contributed by atoms with Gasteiger partial charge in [0.1, 0.15) is 12.4 Å². The maximum atomic E-state index is 13.5. The lowest BCUT2D eigenvalue weighted by Gasteiger charge is -2.26. The van der Waals surface area contributed by atoms with Crippen LogP contribution in [0.3, 0.4) is 0 Å². The van der Waals surface area contributed by atoms with Crippen LogP contribution in [0, 0.1) is 11.6 Å². The summed E-state index contributed by atoms with van der Waals surface area (Å²) < 4.78 is 31.7. The number of rotatable bonds is 6. The van der Waals surface area contributed by atoms with Crippen molar-refractivity contribution in [2.45, 2.75) is 12.3 Å². The monoisotopic (exact) mass is 388 g/mol. The van der Waals surface area contributed by atoms with Crippen molar-refractivity contribution in [3.63, 3.8) is 0 Å². The minimum atomic E-state index is -0.739. The van der Waals surface area contributed by atoms with E-state index in [-0.39, 0.29) is 24.2 Å². The molecule has 0 radical (unpaired) electrons. The summed E-state index contributed by atoms with van der Waals surface area (Å²) in [6, 6.07) is 10.9. The van der Waals surface area contributed by atoms with Crippen molar-refractivity contribution in [3.8, 4) is 5.75 Å². The smallest absolute Gasteiger partial charge is 0.225 e. The zero-order chi connectivity index (χ0) is 19.9. The molecule has 0 saturated heterocycles. The number of guanidine groups is 1. The Labute approximate surface area is 162 Å². The lowest BCUT2D eigenvalue weighted by Crippen LogP contribution is -2.42. The summed E-state index contributed by atoms with van der Waals surface area (Å²) in [5, 5.41) is 9.13. The summed E-state index contributed by atoms with van der Waals surface area (Å²) in [4.78, 5) is 16.0. The summed E-state index contributed by atoms with van der Waals surface area (Å²) in [5.74, 6) is -0.818. The minimum absolute atomic E-state index is 0.00373. The highest BCUT2D eigenvalue weighted by Gasteiger charge is 2.24. The van der Waals surface area contributed by atoms with Crippen molar-refractivity contribution in [1.29, 1.82) is 0 Å². The molecule has 1 atom stereocenters. The number of carbonyl (C=O) groups is 1. The first-order valence-corrected chi connectivity index (χ1v) is 8.98. The quantitative estimate of drug-likeness (QED) is 0.404. The predicted molar refractivity (Wildman–Crippen MR) is 104 cm³/mol. The standard InChI is InChI=1S/C20H22F2N4O2/c1-23-20(24-8-9-28-18-7-6-14(21)11-16(18)22)25-12-13-10-19(27)26-17-5-3-2-4-15(13)17/h2-7,11,13H,8-10,12H2,1H3,(H,26,27)(H2,23,24,25). The highest BCUT2D eigenvalue weighted by atomic mass is 19.1. The Morgan fingerprint density at radius 2 is 2.07 bits per heavy atom. The van der Waals surface area contributed by atoms with Crippen LogP contribution in [0.15, 0.2) is 47.5 Å². The largest absolute Gasteiger partial charge is 0.489 e. The molecule has 3 N–H and O–H groups in total. The molecule has 1 unspecified atom stereocenters. The zero-order valence-corrected chi connectivity index (χ0v) is 15.5. The van der Waals surface area contributed by atoms with Crippen LogP contribution in [0.1, 0.15) is 17.9 Å². The van der Waals surface area contributed by atoms with Gasteiger partial charge in [-0.25, -0.2) is 8.78 Å². The Bertz CT molecular complexity index is 873. The van der Waals surface area contributed by atoms with Crippen molar-refractivity contribution >= 4 is 17.6 Å². The molecule has 2 aromatic carbocycles. The number of aliphatic imine (C=N–C) groups is 1. The summed E-state index contributed by atoms with van der Waals surface area (Å²) in [6.07, 6.45) is 0.397. The van der Waals surface area contributed by atoms with Crippen LogP contribution in [0.25, 0.3) is 0 Å². The second-order valence-corrected chi connectivity index (χ2v) is 6.34. The topological polar surface area (TPSA) is 74.8 Å². The average Bonchev–Trinajstić information content (AvgIpc) is 2.68. The fourth-order valence-corrected chi connectivity index (χ4v) is 3.05. The first-order valence-electron chi connectivity index (χ1n) is 8.98. The zero-order valence-electron chi connectivity index (χ0n) is 15.5. The van der Waals surface area contributed by atoms with Gasteiger partial charge < -0.3 is 20.7 Å². The number of halogens is 2. The Hall–Kier alpha value is -3.16. The number of amides is 1. The number of carbonyl (C=O) groups excluding carboxylic acids is 1. The van der Waals surface area contributed by atoms with E-state index in [0.717, 1.165) is 23.4 Å². The van der Waals surface area contributed by atoms with Gasteiger partial charge in [0.05, 0.1) is 6.54 Å². The van der Waals surface area contributed by atoms with Gasteiger partial charge in [0.2, 0.25) is 5.91 Å². The molecule has 0 fully saturated rings. The third-order valence-electron chi connectivity index (χ3n) is 4.39. The van der Waals surface area contributed by atoms with Crippen LogP contribution in [-0.4, -0.2) is 38.6 Å². The number of hydrogen-bond donors (Lipinski definition) is 3. The highest BCUT2D eigenvalue weighted by molar-refractivity contribution is 5.94. The number of nitrogens with zero attached hydrogens (tertiary/aromatic N) is 1. The molecular weight excluding hydrogens is 366 g/mol. The molecule has 1 aliphatic rings. The van der Waals surface area contributed by atoms with E-state index in [2.05, 4.69) is 20.9 Å². The molecule has 148 valence electrons. The van der Waals surface area contributed by atoms with Crippen molar-refractivity contribution in [1.82, 2.24) is 10.6 Å². The number of nitrogens with one attached hydrogen (secondary N) is 3. The fourth-order valence-electron chi connectivity index (χ4n) is 3.05. The third-order valence-corrected chi connectivity index (χ3v) is 4.39. The van der Waals surface area contributed by atoms with Crippen molar-refractivity contribution < 1.29 is 18.3 Å². The molecule has 1 aliphatic heterocycles. The van der Waals surface area contributed by atoms with Gasteiger partial charge in [-0.1, -0.05) is 18.2 Å². The predicted octanol–water partition coefficient (Wildman–Crippen LogP) is 2.63. The second-order valence-electron chi connectivity index (χ2n) is 6.34. The molecule has 0 aliphatic carbocycles. The molecule has 0 spiro atoms. The normalized spacial score (nSPS) is 16.2. The first-order chi connectivity index (χ1) is 13.6. The van der Waals surface area contributed by atoms with Crippen molar-refractivity contribution in [2.75, 3.05) is 32.1 Å². The van der Waals surface area contributed by atoms with Crippen LogP contribution < -0.4 is 20.7 Å². The van der Waals surface area contributed by atoms with Crippen LogP contribution in [-0.2, 0) is 4.79 Å². The average molecular weight is 388 g/mol. The number of ether oxygens (including phenoxy) is 1. The number of para-hydroxylation sites is 1. The molecule has 0 bridgehead atoms. The van der Waals surface area contributed by atoms with Gasteiger partial charge >= 0.3 is 0 Å². The van der Waals surface area contributed by atoms with Crippen LogP contribution in [0.2, 0.25) is 0 Å². The van der Waals surface area contributed by atoms with Gasteiger partial charge in [-0.3, -0.25) is 9.79 Å². The van der Waals surface area contributed by atoms with Gasteiger partial charge in [0.25, 0.3) is 0 Å². The Kier molecular flexibility index (Phi) is 6.41. The van der Waals surface area contributed by atoms with Crippen molar-refractivity contribution in [3.05, 3.63) is 59.7 Å². The number of anilines is 1. The number of hydrogen-bond acceptors (Lipinski definition) is 3. The first kappa shape index (κ1) is 19.6. The maximum Gasteiger partial charge on any atom is 0.225 e. The van der Waals surface area contributed by atoms with Gasteiger partial charge in [-0.2, -0.15) is 0 Å². The van der Waals surface area contributed by atoms with E-state index < -0.39 is 11.6 Å². The summed E-state index contributed by atoms with van der Waals surface area (Å²) in [5.41, 5.74) is 1.92. The van der Waals surface area contributed by atoms with E-state index in [1.54, 1.807) is 7.05 Å². The number of benzene rings is 2. The second kappa shape index (κ2) is 9.16. The molecule has 3 rings (SSSR count). The Balaban J connectivity index is 1.47. The third kappa shape index (κ3) is 4.97. The van der Waals surface area contributed by atoms with E-state index in [1.165, 1.54) is 6.07 Å².